The number of aromatic hydroxyl groups is 1. The Morgan fingerprint density at radius 2 is 1.73 bits per heavy atom. The fraction of sp³-hybridized carbons (Fsp3) is 0.250. The molecule has 2 aromatic rings. The summed E-state index contributed by atoms with van der Waals surface area (Å²) < 4.78 is 4.97. The highest BCUT2D eigenvalue weighted by Gasteiger charge is 2.14. The molecule has 2 rings (SSSR count). The van der Waals surface area contributed by atoms with Gasteiger partial charge in [0.15, 0.2) is 12.4 Å². The standard InChI is InChI=1S/C20H21NO5/c1-14(22)21-12-4-5-15-8-10-16(11-9-15)19(24)13-26-20(25)17-6-2-3-7-18(17)23/h2-3,6-11,23H,4-5,12-13H2,1H3,(H,21,22). The van der Waals surface area contributed by atoms with E-state index in [0.29, 0.717) is 12.1 Å². The van der Waals surface area contributed by atoms with Crippen LogP contribution in [-0.4, -0.2) is 35.9 Å². The minimum absolute atomic E-state index is 0.0230. The van der Waals surface area contributed by atoms with E-state index in [1.54, 1.807) is 24.3 Å². The quantitative estimate of drug-likeness (QED) is 0.431. The van der Waals surface area contributed by atoms with Crippen molar-refractivity contribution in [1.29, 1.82) is 0 Å². The predicted octanol–water partition coefficient (Wildman–Crippen LogP) is 2.50. The highest BCUT2D eigenvalue weighted by Crippen LogP contribution is 2.16. The number of ether oxygens (including phenoxy) is 1. The van der Waals surface area contributed by atoms with E-state index in [-0.39, 0.29) is 23.0 Å². The lowest BCUT2D eigenvalue weighted by molar-refractivity contribution is -0.118. The Balaban J connectivity index is 1.83. The highest BCUT2D eigenvalue weighted by molar-refractivity contribution is 5.99. The summed E-state index contributed by atoms with van der Waals surface area (Å²) in [6.45, 7) is 1.69. The number of phenols is 1. The molecule has 0 spiro atoms. The number of Topliss-reactive ketones (excluding diaryl/α,β-unsaturated/α-hetero) is 1. The van der Waals surface area contributed by atoms with Gasteiger partial charge in [-0.25, -0.2) is 4.79 Å². The van der Waals surface area contributed by atoms with Gasteiger partial charge in [-0.1, -0.05) is 36.4 Å². The third-order valence-corrected chi connectivity index (χ3v) is 3.75. The van der Waals surface area contributed by atoms with E-state index in [1.807, 2.05) is 12.1 Å². The number of rotatable bonds is 8. The first kappa shape index (κ1) is 19.2. The number of carbonyl (C=O) groups is 3. The number of amides is 1. The molecule has 2 N–H and O–H groups in total. The molecule has 0 aromatic heterocycles. The molecule has 2 aromatic carbocycles. The van der Waals surface area contributed by atoms with Gasteiger partial charge in [0, 0.05) is 19.0 Å². The first-order chi connectivity index (χ1) is 12.5. The van der Waals surface area contributed by atoms with Crippen LogP contribution < -0.4 is 5.32 Å². The Kier molecular flexibility index (Phi) is 6.91. The third kappa shape index (κ3) is 5.73. The van der Waals surface area contributed by atoms with E-state index in [4.69, 9.17) is 4.74 Å². The summed E-state index contributed by atoms with van der Waals surface area (Å²) in [6, 6.07) is 13.0. The maximum atomic E-state index is 12.1. The molecule has 0 bridgehead atoms. The Hall–Kier alpha value is -3.15. The van der Waals surface area contributed by atoms with Crippen molar-refractivity contribution in [1.82, 2.24) is 5.32 Å². The zero-order valence-electron chi connectivity index (χ0n) is 14.5. The summed E-state index contributed by atoms with van der Waals surface area (Å²) in [6.07, 6.45) is 1.60. The van der Waals surface area contributed by atoms with E-state index in [9.17, 15) is 19.5 Å². The average molecular weight is 355 g/mol. The smallest absolute Gasteiger partial charge is 0.342 e. The number of phenolic OH excluding ortho intramolecular Hbond substituents is 1. The molecule has 0 saturated heterocycles. The van der Waals surface area contributed by atoms with Gasteiger partial charge in [0.1, 0.15) is 11.3 Å². The Morgan fingerprint density at radius 1 is 1.04 bits per heavy atom. The molecule has 0 fully saturated rings. The predicted molar refractivity (Wildman–Crippen MR) is 96.2 cm³/mol. The summed E-state index contributed by atoms with van der Waals surface area (Å²) in [5.41, 5.74) is 1.52. The zero-order chi connectivity index (χ0) is 18.9. The fourth-order valence-corrected chi connectivity index (χ4v) is 2.35. The molecule has 6 heteroatoms. The van der Waals surface area contributed by atoms with Crippen LogP contribution in [0.1, 0.15) is 39.6 Å². The fourth-order valence-electron chi connectivity index (χ4n) is 2.35. The van der Waals surface area contributed by atoms with Gasteiger partial charge in [-0.15, -0.1) is 0 Å². The molecule has 0 radical (unpaired) electrons. The molecule has 26 heavy (non-hydrogen) atoms. The van der Waals surface area contributed by atoms with Gasteiger partial charge in [0.2, 0.25) is 5.91 Å². The van der Waals surface area contributed by atoms with E-state index >= 15 is 0 Å². The number of aryl methyl sites for hydroxylation is 1. The summed E-state index contributed by atoms with van der Waals surface area (Å²) in [7, 11) is 0. The third-order valence-electron chi connectivity index (χ3n) is 3.75. The van der Waals surface area contributed by atoms with Gasteiger partial charge in [-0.2, -0.15) is 0 Å². The molecule has 6 nitrogen and oxygen atoms in total. The van der Waals surface area contributed by atoms with Crippen LogP contribution in [0.5, 0.6) is 5.75 Å². The van der Waals surface area contributed by atoms with Gasteiger partial charge in [0.25, 0.3) is 0 Å². The van der Waals surface area contributed by atoms with Crippen molar-refractivity contribution in [2.24, 2.45) is 0 Å². The molecule has 0 atom stereocenters. The highest BCUT2D eigenvalue weighted by atomic mass is 16.5. The van der Waals surface area contributed by atoms with Crippen LogP contribution in [-0.2, 0) is 16.0 Å². The maximum Gasteiger partial charge on any atom is 0.342 e. The second kappa shape index (κ2) is 9.36. The van der Waals surface area contributed by atoms with Gasteiger partial charge >= 0.3 is 5.97 Å². The van der Waals surface area contributed by atoms with Crippen LogP contribution in [0.4, 0.5) is 0 Å². The molecular weight excluding hydrogens is 334 g/mol. The monoisotopic (exact) mass is 355 g/mol. The first-order valence-corrected chi connectivity index (χ1v) is 8.29. The minimum atomic E-state index is -0.744. The van der Waals surface area contributed by atoms with Crippen LogP contribution in [0.15, 0.2) is 48.5 Å². The van der Waals surface area contributed by atoms with E-state index in [0.717, 1.165) is 18.4 Å². The first-order valence-electron chi connectivity index (χ1n) is 8.29. The van der Waals surface area contributed by atoms with Crippen LogP contribution in [0, 0.1) is 0 Å². The zero-order valence-corrected chi connectivity index (χ0v) is 14.5. The summed E-state index contributed by atoms with van der Waals surface area (Å²) >= 11 is 0. The topological polar surface area (TPSA) is 92.7 Å². The summed E-state index contributed by atoms with van der Waals surface area (Å²) in [5, 5.41) is 12.3. The molecule has 1 amide bonds. The van der Waals surface area contributed by atoms with E-state index in [2.05, 4.69) is 5.32 Å². The van der Waals surface area contributed by atoms with Crippen molar-refractivity contribution >= 4 is 17.7 Å². The Morgan fingerprint density at radius 3 is 2.38 bits per heavy atom. The summed E-state index contributed by atoms with van der Waals surface area (Å²) in [4.78, 5) is 34.8. The molecule has 0 aliphatic heterocycles. The second-order valence-corrected chi connectivity index (χ2v) is 5.80. The molecule has 0 aliphatic rings. The lowest BCUT2D eigenvalue weighted by Gasteiger charge is -2.07. The van der Waals surface area contributed by atoms with Gasteiger partial charge < -0.3 is 15.2 Å². The number of carbonyl (C=O) groups excluding carboxylic acids is 3. The number of nitrogens with one attached hydrogen (secondary N) is 1. The van der Waals surface area contributed by atoms with Crippen LogP contribution in [0.3, 0.4) is 0 Å². The molecule has 0 heterocycles. The van der Waals surface area contributed by atoms with Crippen molar-refractivity contribution in [3.63, 3.8) is 0 Å². The van der Waals surface area contributed by atoms with Crippen molar-refractivity contribution in [3.8, 4) is 5.75 Å². The number of esters is 1. The number of ketones is 1. The second-order valence-electron chi connectivity index (χ2n) is 5.80. The SMILES string of the molecule is CC(=O)NCCCc1ccc(C(=O)COC(=O)c2ccccc2O)cc1. The van der Waals surface area contributed by atoms with Crippen LogP contribution in [0.25, 0.3) is 0 Å². The van der Waals surface area contributed by atoms with Gasteiger partial charge in [-0.05, 0) is 30.5 Å². The molecular formula is C20H21NO5. The number of benzene rings is 2. The molecule has 0 saturated carbocycles. The van der Waals surface area contributed by atoms with Crippen molar-refractivity contribution < 1.29 is 24.2 Å². The lowest BCUT2D eigenvalue weighted by Crippen LogP contribution is -2.21. The van der Waals surface area contributed by atoms with Crippen molar-refractivity contribution in [2.45, 2.75) is 19.8 Å². The van der Waals surface area contributed by atoms with E-state index in [1.165, 1.54) is 19.1 Å². The summed E-state index contributed by atoms with van der Waals surface area (Å²) in [5.74, 6) is -1.30. The Bertz CT molecular complexity index is 783. The molecule has 0 aliphatic carbocycles. The van der Waals surface area contributed by atoms with Crippen LogP contribution >= 0.6 is 0 Å². The van der Waals surface area contributed by atoms with Gasteiger partial charge in [-0.3, -0.25) is 9.59 Å². The average Bonchev–Trinajstić information content (AvgIpc) is 2.63. The molecule has 136 valence electrons. The van der Waals surface area contributed by atoms with Crippen molar-refractivity contribution in [3.05, 3.63) is 65.2 Å². The van der Waals surface area contributed by atoms with Crippen molar-refractivity contribution in [2.75, 3.05) is 13.2 Å². The Labute approximate surface area is 151 Å². The number of hydrogen-bond donors (Lipinski definition) is 2. The van der Waals surface area contributed by atoms with E-state index < -0.39 is 12.6 Å². The minimum Gasteiger partial charge on any atom is -0.507 e. The van der Waals surface area contributed by atoms with Crippen LogP contribution in [0.2, 0.25) is 0 Å². The number of para-hydroxylation sites is 1. The number of hydrogen-bond acceptors (Lipinski definition) is 5. The largest absolute Gasteiger partial charge is 0.507 e. The molecule has 0 unspecified atom stereocenters. The lowest BCUT2D eigenvalue weighted by atomic mass is 10.1. The maximum absolute atomic E-state index is 12.1. The normalized spacial score (nSPS) is 10.2. The van der Waals surface area contributed by atoms with Gasteiger partial charge in [0.05, 0.1) is 0 Å².